The largest absolute Gasteiger partial charge is 0.463 e. The number of rotatable bonds is 33. The summed E-state index contributed by atoms with van der Waals surface area (Å²) in [4.78, 5) is 24.2. The minimum atomic E-state index is -0.515. The molecule has 3 N–H and O–H groups in total. The molecule has 1 amide bonds. The molecule has 0 heterocycles. The third-order valence-corrected chi connectivity index (χ3v) is 7.74. The van der Waals surface area contributed by atoms with Gasteiger partial charge in [0.15, 0.2) is 0 Å². The van der Waals surface area contributed by atoms with E-state index in [4.69, 9.17) is 18.9 Å². The lowest BCUT2D eigenvalue weighted by Gasteiger charge is -2.18. The normalized spacial score (nSPS) is 11.6. The lowest BCUT2D eigenvalue weighted by atomic mass is 10.1. The van der Waals surface area contributed by atoms with Gasteiger partial charge in [0, 0.05) is 26.7 Å². The number of alkyl carbamates (subject to hydrolysis) is 1. The van der Waals surface area contributed by atoms with Crippen LogP contribution in [0.3, 0.4) is 0 Å². The molecule has 0 aromatic rings. The summed E-state index contributed by atoms with van der Waals surface area (Å²) in [7, 11) is 1.58. The van der Waals surface area contributed by atoms with E-state index in [-0.39, 0.29) is 24.7 Å². The second-order valence-electron chi connectivity index (χ2n) is 11.9. The SMILES string of the molecule is CCCCCCCCCCCCCCOC(COC(=O)CCCCCCCCCCCCC)COC(=O)NCCOC.O. The highest BCUT2D eigenvalue weighted by molar-refractivity contribution is 5.69. The van der Waals surface area contributed by atoms with Crippen molar-refractivity contribution in [3.05, 3.63) is 0 Å². The topological polar surface area (TPSA) is 115 Å². The zero-order chi connectivity index (χ0) is 30.8. The van der Waals surface area contributed by atoms with Gasteiger partial charge in [0.25, 0.3) is 0 Å². The zero-order valence-electron chi connectivity index (χ0n) is 28.5. The van der Waals surface area contributed by atoms with Gasteiger partial charge in [0.1, 0.15) is 19.3 Å². The molecule has 0 aliphatic heterocycles. The van der Waals surface area contributed by atoms with Crippen LogP contribution in [-0.2, 0) is 23.7 Å². The van der Waals surface area contributed by atoms with Gasteiger partial charge in [-0.3, -0.25) is 4.79 Å². The maximum Gasteiger partial charge on any atom is 0.407 e. The van der Waals surface area contributed by atoms with Crippen LogP contribution in [-0.4, -0.2) is 63.7 Å². The van der Waals surface area contributed by atoms with Crippen molar-refractivity contribution in [2.24, 2.45) is 0 Å². The van der Waals surface area contributed by atoms with Gasteiger partial charge in [-0.2, -0.15) is 0 Å². The van der Waals surface area contributed by atoms with Crippen LogP contribution in [0.4, 0.5) is 4.79 Å². The molecule has 0 aliphatic rings. The molecule has 43 heavy (non-hydrogen) atoms. The Kier molecular flexibility index (Phi) is 37.4. The van der Waals surface area contributed by atoms with Gasteiger partial charge in [0.2, 0.25) is 0 Å². The molecule has 258 valence electrons. The predicted molar refractivity (Wildman–Crippen MR) is 178 cm³/mol. The monoisotopic (exact) mass is 618 g/mol. The van der Waals surface area contributed by atoms with Crippen LogP contribution >= 0.6 is 0 Å². The molecular weight excluding hydrogens is 546 g/mol. The van der Waals surface area contributed by atoms with Crippen LogP contribution in [0.15, 0.2) is 0 Å². The quantitative estimate of drug-likeness (QED) is 0.0581. The minimum Gasteiger partial charge on any atom is -0.463 e. The first-order valence-electron chi connectivity index (χ1n) is 17.8. The Morgan fingerprint density at radius 3 is 1.44 bits per heavy atom. The standard InChI is InChI=1S/C35H69NO6.H2O/c1-4-6-8-10-12-14-16-18-20-22-24-26-29-40-33(32-42-35(38)36-28-30-39-3)31-41-34(37)27-25-23-21-19-17-15-13-11-9-7-5-2;/h33H,4-32H2,1-3H3,(H,36,38);1H2. The van der Waals surface area contributed by atoms with Gasteiger partial charge < -0.3 is 29.7 Å². The van der Waals surface area contributed by atoms with Crippen molar-refractivity contribution >= 4 is 12.1 Å². The lowest BCUT2D eigenvalue weighted by molar-refractivity contribution is -0.149. The smallest absolute Gasteiger partial charge is 0.407 e. The molecule has 0 spiro atoms. The highest BCUT2D eigenvalue weighted by atomic mass is 16.6. The highest BCUT2D eigenvalue weighted by Crippen LogP contribution is 2.14. The molecule has 0 bridgehead atoms. The summed E-state index contributed by atoms with van der Waals surface area (Å²) in [6.45, 7) is 6.07. The number of carbonyl (C=O) groups is 2. The Labute approximate surface area is 265 Å². The average Bonchev–Trinajstić information content (AvgIpc) is 2.99. The number of esters is 1. The molecule has 1 unspecified atom stereocenters. The number of hydrogen-bond acceptors (Lipinski definition) is 6. The summed E-state index contributed by atoms with van der Waals surface area (Å²) < 4.78 is 21.7. The third-order valence-electron chi connectivity index (χ3n) is 7.74. The summed E-state index contributed by atoms with van der Waals surface area (Å²) in [5.74, 6) is -0.200. The van der Waals surface area contributed by atoms with E-state index in [0.29, 0.717) is 26.2 Å². The van der Waals surface area contributed by atoms with Crippen molar-refractivity contribution in [3.8, 4) is 0 Å². The number of methoxy groups -OCH3 is 1. The van der Waals surface area contributed by atoms with Gasteiger partial charge in [-0.15, -0.1) is 0 Å². The molecule has 0 fully saturated rings. The third kappa shape index (κ3) is 35.0. The molecule has 0 rings (SSSR count). The number of ether oxygens (including phenoxy) is 4. The van der Waals surface area contributed by atoms with Crippen LogP contribution in [0.25, 0.3) is 0 Å². The summed E-state index contributed by atoms with van der Waals surface area (Å²) in [6, 6.07) is 0. The first kappa shape index (κ1) is 43.7. The number of unbranched alkanes of at least 4 members (excludes halogenated alkanes) is 21. The van der Waals surface area contributed by atoms with Crippen molar-refractivity contribution in [2.75, 3.05) is 40.1 Å². The highest BCUT2D eigenvalue weighted by Gasteiger charge is 2.15. The predicted octanol–water partition coefficient (Wildman–Crippen LogP) is 8.86. The molecular formula is C35H71NO7. The van der Waals surface area contributed by atoms with Crippen molar-refractivity contribution in [1.29, 1.82) is 0 Å². The molecule has 0 aromatic carbocycles. The maximum atomic E-state index is 12.3. The molecule has 0 saturated heterocycles. The van der Waals surface area contributed by atoms with Crippen molar-refractivity contribution in [3.63, 3.8) is 0 Å². The van der Waals surface area contributed by atoms with Crippen LogP contribution in [0.1, 0.15) is 168 Å². The van der Waals surface area contributed by atoms with Crippen molar-refractivity contribution in [2.45, 2.75) is 174 Å². The van der Waals surface area contributed by atoms with E-state index in [2.05, 4.69) is 19.2 Å². The first-order chi connectivity index (χ1) is 20.6. The molecule has 0 aromatic heterocycles. The first-order valence-corrected chi connectivity index (χ1v) is 17.8. The van der Waals surface area contributed by atoms with Crippen molar-refractivity contribution in [1.82, 2.24) is 5.32 Å². The Hall–Kier alpha value is -1.38. The Balaban J connectivity index is 0. The fourth-order valence-corrected chi connectivity index (χ4v) is 5.00. The van der Waals surface area contributed by atoms with E-state index < -0.39 is 12.2 Å². The van der Waals surface area contributed by atoms with E-state index in [9.17, 15) is 9.59 Å². The fraction of sp³-hybridized carbons (Fsp3) is 0.943. The Morgan fingerprint density at radius 1 is 0.558 bits per heavy atom. The summed E-state index contributed by atoms with van der Waals surface area (Å²) >= 11 is 0. The lowest BCUT2D eigenvalue weighted by Crippen LogP contribution is -2.33. The molecule has 8 nitrogen and oxygen atoms in total. The summed E-state index contributed by atoms with van der Waals surface area (Å²) in [6.07, 6.45) is 28.7. The molecule has 1 atom stereocenters. The Bertz CT molecular complexity index is 576. The van der Waals surface area contributed by atoms with Gasteiger partial charge in [0.05, 0.1) is 6.61 Å². The number of carbonyl (C=O) groups excluding carboxylic acids is 2. The zero-order valence-corrected chi connectivity index (χ0v) is 28.5. The van der Waals surface area contributed by atoms with E-state index in [1.165, 1.54) is 122 Å². The molecule has 0 radical (unpaired) electrons. The van der Waals surface area contributed by atoms with E-state index in [1.807, 2.05) is 0 Å². The number of amides is 1. The van der Waals surface area contributed by atoms with E-state index in [1.54, 1.807) is 7.11 Å². The van der Waals surface area contributed by atoms with E-state index in [0.717, 1.165) is 25.7 Å². The molecule has 0 saturated carbocycles. The summed E-state index contributed by atoms with van der Waals surface area (Å²) in [5.41, 5.74) is 0. The minimum absolute atomic E-state index is 0. The van der Waals surface area contributed by atoms with Crippen molar-refractivity contribution < 1.29 is 34.0 Å². The van der Waals surface area contributed by atoms with Crippen LogP contribution in [0.2, 0.25) is 0 Å². The average molecular weight is 618 g/mol. The second-order valence-corrected chi connectivity index (χ2v) is 11.9. The number of hydrogen-bond donors (Lipinski definition) is 1. The molecule has 8 heteroatoms. The number of nitrogens with one attached hydrogen (secondary N) is 1. The second kappa shape index (κ2) is 36.8. The summed E-state index contributed by atoms with van der Waals surface area (Å²) in [5, 5.41) is 2.64. The Morgan fingerprint density at radius 2 is 0.977 bits per heavy atom. The van der Waals surface area contributed by atoms with Crippen LogP contribution in [0, 0.1) is 0 Å². The van der Waals surface area contributed by atoms with Gasteiger partial charge in [-0.05, 0) is 12.8 Å². The van der Waals surface area contributed by atoms with Crippen LogP contribution < -0.4 is 5.32 Å². The molecule has 0 aliphatic carbocycles. The fourth-order valence-electron chi connectivity index (χ4n) is 5.00. The van der Waals surface area contributed by atoms with E-state index >= 15 is 0 Å². The maximum absolute atomic E-state index is 12.3. The van der Waals surface area contributed by atoms with Gasteiger partial charge in [-0.1, -0.05) is 149 Å². The van der Waals surface area contributed by atoms with Gasteiger partial charge >= 0.3 is 12.1 Å². The van der Waals surface area contributed by atoms with Gasteiger partial charge in [-0.25, -0.2) is 4.79 Å². The van der Waals surface area contributed by atoms with Crippen LogP contribution in [0.5, 0.6) is 0 Å².